The average molecular weight is 332 g/mol. The Bertz CT molecular complexity index is 723. The first-order valence-corrected chi connectivity index (χ1v) is 8.29. The van der Waals surface area contributed by atoms with Crippen LogP contribution >= 0.6 is 11.8 Å². The molecule has 0 aliphatic carbocycles. The van der Waals surface area contributed by atoms with E-state index in [9.17, 15) is 9.18 Å². The summed E-state index contributed by atoms with van der Waals surface area (Å²) in [5.74, 6) is 1.13. The second kappa shape index (κ2) is 6.91. The normalized spacial score (nSPS) is 16.3. The number of carbonyl (C=O) groups is 1. The maximum absolute atomic E-state index is 13.9. The molecule has 0 fully saturated rings. The number of rotatable bonds is 3. The first-order valence-electron chi connectivity index (χ1n) is 7.31. The van der Waals surface area contributed by atoms with E-state index in [1.165, 1.54) is 17.8 Å². The van der Waals surface area contributed by atoms with Crippen LogP contribution in [0.1, 0.15) is 18.0 Å². The van der Waals surface area contributed by atoms with Crippen molar-refractivity contribution in [2.45, 2.75) is 17.4 Å². The molecule has 2 aromatic carbocycles. The van der Waals surface area contributed by atoms with Gasteiger partial charge in [-0.25, -0.2) is 9.18 Å². The van der Waals surface area contributed by atoms with Crippen molar-refractivity contribution >= 4 is 23.5 Å². The van der Waals surface area contributed by atoms with Gasteiger partial charge in [0.05, 0.1) is 18.8 Å². The Morgan fingerprint density at radius 1 is 1.26 bits per heavy atom. The number of halogens is 1. The highest BCUT2D eigenvalue weighted by atomic mass is 32.2. The molecule has 0 saturated carbocycles. The van der Waals surface area contributed by atoms with Crippen LogP contribution in [0.2, 0.25) is 0 Å². The zero-order valence-electron chi connectivity index (χ0n) is 12.6. The molecule has 0 radical (unpaired) electrons. The molecule has 0 saturated heterocycles. The lowest BCUT2D eigenvalue weighted by Crippen LogP contribution is -2.34. The van der Waals surface area contributed by atoms with E-state index in [2.05, 4.69) is 10.6 Å². The van der Waals surface area contributed by atoms with Crippen LogP contribution in [-0.2, 0) is 0 Å². The summed E-state index contributed by atoms with van der Waals surface area (Å²) in [7, 11) is 1.55. The summed E-state index contributed by atoms with van der Waals surface area (Å²) >= 11 is 1.49. The smallest absolute Gasteiger partial charge is 0.319 e. The zero-order chi connectivity index (χ0) is 16.2. The molecule has 1 unspecified atom stereocenters. The van der Waals surface area contributed by atoms with Gasteiger partial charge in [0.1, 0.15) is 11.6 Å². The maximum atomic E-state index is 13.9. The SMILES string of the molecule is COc1ccccc1NC(=O)NC1CCSc2c(F)cccc21. The predicted octanol–water partition coefficient (Wildman–Crippen LogP) is 4.19. The first kappa shape index (κ1) is 15.7. The molecule has 4 nitrogen and oxygen atoms in total. The van der Waals surface area contributed by atoms with Crippen LogP contribution in [0.5, 0.6) is 5.75 Å². The van der Waals surface area contributed by atoms with Crippen molar-refractivity contribution in [1.29, 1.82) is 0 Å². The Hall–Kier alpha value is -2.21. The lowest BCUT2D eigenvalue weighted by atomic mass is 10.0. The van der Waals surface area contributed by atoms with E-state index in [0.717, 1.165) is 17.7 Å². The molecule has 2 aromatic rings. The molecular weight excluding hydrogens is 315 g/mol. The number of amides is 2. The summed E-state index contributed by atoms with van der Waals surface area (Å²) in [5.41, 5.74) is 1.42. The molecule has 2 amide bonds. The molecule has 23 heavy (non-hydrogen) atoms. The number of ether oxygens (including phenoxy) is 1. The van der Waals surface area contributed by atoms with Gasteiger partial charge in [0.2, 0.25) is 0 Å². The number of benzene rings is 2. The Kier molecular flexibility index (Phi) is 4.71. The minimum atomic E-state index is -0.332. The van der Waals surface area contributed by atoms with Crippen LogP contribution < -0.4 is 15.4 Å². The molecule has 1 aliphatic heterocycles. The van der Waals surface area contributed by atoms with Crippen molar-refractivity contribution in [1.82, 2.24) is 5.32 Å². The summed E-state index contributed by atoms with van der Waals surface area (Å²) < 4.78 is 19.1. The standard InChI is InChI=1S/C17H17FN2O2S/c1-22-15-8-3-2-7-14(15)20-17(21)19-13-9-10-23-16-11(13)5-4-6-12(16)18/h2-8,13H,9-10H2,1H3,(H2,19,20,21). The summed E-state index contributed by atoms with van der Waals surface area (Å²) in [4.78, 5) is 12.9. The lowest BCUT2D eigenvalue weighted by Gasteiger charge is -2.26. The highest BCUT2D eigenvalue weighted by Gasteiger charge is 2.24. The number of carbonyl (C=O) groups excluding carboxylic acids is 1. The van der Waals surface area contributed by atoms with Crippen LogP contribution in [0, 0.1) is 5.82 Å². The highest BCUT2D eigenvalue weighted by molar-refractivity contribution is 7.99. The van der Waals surface area contributed by atoms with Crippen LogP contribution in [0.15, 0.2) is 47.4 Å². The fourth-order valence-electron chi connectivity index (χ4n) is 2.60. The van der Waals surface area contributed by atoms with E-state index in [1.54, 1.807) is 25.3 Å². The number of fused-ring (bicyclic) bond motifs is 1. The summed E-state index contributed by atoms with van der Waals surface area (Å²) in [6.45, 7) is 0. The number of nitrogens with one attached hydrogen (secondary N) is 2. The van der Waals surface area contributed by atoms with Crippen LogP contribution in [0.25, 0.3) is 0 Å². The largest absolute Gasteiger partial charge is 0.495 e. The van der Waals surface area contributed by atoms with Gasteiger partial charge >= 0.3 is 6.03 Å². The minimum absolute atomic E-state index is 0.198. The molecule has 120 valence electrons. The number of anilines is 1. The number of para-hydroxylation sites is 2. The Morgan fingerprint density at radius 2 is 2.09 bits per heavy atom. The fourth-order valence-corrected chi connectivity index (χ4v) is 3.74. The molecular formula is C17H17FN2O2S. The molecule has 6 heteroatoms. The number of urea groups is 1. The van der Waals surface area contributed by atoms with Crippen molar-refractivity contribution < 1.29 is 13.9 Å². The van der Waals surface area contributed by atoms with Crippen LogP contribution in [0.4, 0.5) is 14.9 Å². The van der Waals surface area contributed by atoms with Gasteiger partial charge in [-0.15, -0.1) is 11.8 Å². The minimum Gasteiger partial charge on any atom is -0.495 e. The van der Waals surface area contributed by atoms with Crippen molar-refractivity contribution in [2.75, 3.05) is 18.2 Å². The average Bonchev–Trinajstić information content (AvgIpc) is 2.56. The van der Waals surface area contributed by atoms with E-state index in [-0.39, 0.29) is 17.9 Å². The highest BCUT2D eigenvalue weighted by Crippen LogP contribution is 2.37. The number of hydrogen-bond acceptors (Lipinski definition) is 3. The second-order valence-corrected chi connectivity index (χ2v) is 6.25. The Balaban J connectivity index is 1.73. The third-order valence-corrected chi connectivity index (χ3v) is 4.85. The van der Waals surface area contributed by atoms with E-state index >= 15 is 0 Å². The monoisotopic (exact) mass is 332 g/mol. The predicted molar refractivity (Wildman–Crippen MR) is 89.6 cm³/mol. The molecule has 1 aliphatic rings. The van der Waals surface area contributed by atoms with Gasteiger partial charge in [-0.05, 0) is 30.2 Å². The van der Waals surface area contributed by atoms with Gasteiger partial charge in [0.25, 0.3) is 0 Å². The molecule has 0 spiro atoms. The lowest BCUT2D eigenvalue weighted by molar-refractivity contribution is 0.248. The number of methoxy groups -OCH3 is 1. The molecule has 3 rings (SSSR count). The van der Waals surface area contributed by atoms with Crippen LogP contribution in [0.3, 0.4) is 0 Å². The molecule has 1 atom stereocenters. The van der Waals surface area contributed by atoms with E-state index < -0.39 is 0 Å². The van der Waals surface area contributed by atoms with Gasteiger partial charge in [0.15, 0.2) is 0 Å². The molecule has 0 aromatic heterocycles. The van der Waals surface area contributed by atoms with Crippen molar-refractivity contribution in [3.63, 3.8) is 0 Å². The van der Waals surface area contributed by atoms with Crippen molar-refractivity contribution in [2.24, 2.45) is 0 Å². The molecule has 0 bridgehead atoms. The third kappa shape index (κ3) is 3.42. The van der Waals surface area contributed by atoms with Crippen molar-refractivity contribution in [3.8, 4) is 5.75 Å². The summed E-state index contributed by atoms with van der Waals surface area (Å²) in [5, 5.41) is 5.70. The van der Waals surface area contributed by atoms with Gasteiger partial charge in [-0.1, -0.05) is 24.3 Å². The zero-order valence-corrected chi connectivity index (χ0v) is 13.5. The molecule has 1 heterocycles. The second-order valence-electron chi connectivity index (χ2n) is 5.15. The third-order valence-electron chi connectivity index (χ3n) is 3.69. The van der Waals surface area contributed by atoms with Gasteiger partial charge in [-0.2, -0.15) is 0 Å². The van der Waals surface area contributed by atoms with Gasteiger partial charge in [0, 0.05) is 10.6 Å². The number of hydrogen-bond donors (Lipinski definition) is 2. The first-order chi connectivity index (χ1) is 11.2. The fraction of sp³-hybridized carbons (Fsp3) is 0.235. The maximum Gasteiger partial charge on any atom is 0.319 e. The number of thioether (sulfide) groups is 1. The van der Waals surface area contributed by atoms with Crippen LogP contribution in [-0.4, -0.2) is 18.9 Å². The summed E-state index contributed by atoms with van der Waals surface area (Å²) in [6, 6.07) is 11.6. The quantitative estimate of drug-likeness (QED) is 0.886. The van der Waals surface area contributed by atoms with E-state index in [0.29, 0.717) is 16.3 Å². The van der Waals surface area contributed by atoms with Gasteiger partial charge < -0.3 is 15.4 Å². The molecule has 2 N–H and O–H groups in total. The summed E-state index contributed by atoms with van der Waals surface area (Å²) in [6.07, 6.45) is 0.764. The Labute approximate surface area is 138 Å². The Morgan fingerprint density at radius 3 is 2.91 bits per heavy atom. The van der Waals surface area contributed by atoms with E-state index in [1.807, 2.05) is 18.2 Å². The van der Waals surface area contributed by atoms with Gasteiger partial charge in [-0.3, -0.25) is 0 Å². The topological polar surface area (TPSA) is 50.4 Å². The van der Waals surface area contributed by atoms with E-state index in [4.69, 9.17) is 4.74 Å². The van der Waals surface area contributed by atoms with Crippen molar-refractivity contribution in [3.05, 3.63) is 53.8 Å².